The zero-order valence-corrected chi connectivity index (χ0v) is 20.4. The highest BCUT2D eigenvalue weighted by Gasteiger charge is 2.10. The molecule has 0 radical (unpaired) electrons. The van der Waals surface area contributed by atoms with E-state index in [0.717, 1.165) is 62.8 Å². The van der Waals surface area contributed by atoms with Crippen LogP contribution >= 0.6 is 0 Å². The summed E-state index contributed by atoms with van der Waals surface area (Å²) in [5, 5.41) is 19.0. The van der Waals surface area contributed by atoms with Crippen LogP contribution in [0, 0.1) is 0 Å². The van der Waals surface area contributed by atoms with Gasteiger partial charge in [-0.25, -0.2) is 0 Å². The van der Waals surface area contributed by atoms with Crippen LogP contribution in [-0.2, 0) is 31.0 Å². The van der Waals surface area contributed by atoms with Crippen LogP contribution < -0.4 is 16.0 Å². The Labute approximate surface area is 207 Å². The van der Waals surface area contributed by atoms with E-state index in [2.05, 4.69) is 55.1 Å². The molecule has 35 heavy (non-hydrogen) atoms. The van der Waals surface area contributed by atoms with Crippen molar-refractivity contribution in [2.75, 3.05) is 26.2 Å². The first-order valence-corrected chi connectivity index (χ1v) is 12.1. The van der Waals surface area contributed by atoms with Crippen molar-refractivity contribution in [3.05, 3.63) is 95.6 Å². The number of nitrogens with one attached hydrogen (secondary N) is 3. The number of carboxylic acids is 1. The lowest BCUT2D eigenvalue weighted by atomic mass is 10.1. The summed E-state index contributed by atoms with van der Waals surface area (Å²) in [6.07, 6.45) is 3.64. The summed E-state index contributed by atoms with van der Waals surface area (Å²) < 4.78 is 0. The fourth-order valence-corrected chi connectivity index (χ4v) is 3.56. The maximum Gasteiger partial charge on any atom is 0.320 e. The molecule has 8 nitrogen and oxygen atoms in total. The summed E-state index contributed by atoms with van der Waals surface area (Å²) in [6, 6.07) is 19.7. The summed E-state index contributed by atoms with van der Waals surface area (Å²) in [4.78, 5) is 22.1. The number of rotatable bonds is 16. The standard InChI is InChI=1S/C27H36N6O2/c1-22(27(34)35)32-18-23-8-10-24(11-9-23)21-33(16-14-28-19-25-6-2-4-12-30-25)17-15-29-20-26-7-3-5-13-31-26/h2-13,22,28-29,32H,14-21H2,1H3,(H,34,35). The van der Waals surface area contributed by atoms with Crippen molar-refractivity contribution < 1.29 is 9.90 Å². The van der Waals surface area contributed by atoms with E-state index in [4.69, 9.17) is 5.11 Å². The maximum absolute atomic E-state index is 11.0. The van der Waals surface area contributed by atoms with Crippen molar-refractivity contribution in [2.24, 2.45) is 0 Å². The largest absolute Gasteiger partial charge is 0.480 e. The normalized spacial score (nSPS) is 12.1. The Hall–Kier alpha value is -3.17. The Balaban J connectivity index is 1.48. The van der Waals surface area contributed by atoms with E-state index in [1.807, 2.05) is 48.8 Å². The number of nitrogens with zero attached hydrogens (tertiary/aromatic N) is 3. The lowest BCUT2D eigenvalue weighted by Gasteiger charge is -2.23. The van der Waals surface area contributed by atoms with E-state index < -0.39 is 12.0 Å². The van der Waals surface area contributed by atoms with E-state index in [9.17, 15) is 4.79 Å². The SMILES string of the molecule is CC(NCc1ccc(CN(CCNCc2ccccn2)CCNCc2ccccn2)cc1)C(=O)O. The molecule has 3 aromatic rings. The summed E-state index contributed by atoms with van der Waals surface area (Å²) in [6.45, 7) is 8.10. The molecular weight excluding hydrogens is 440 g/mol. The van der Waals surface area contributed by atoms with Crippen LogP contribution in [0.3, 0.4) is 0 Å². The molecule has 0 fully saturated rings. The number of pyridine rings is 2. The van der Waals surface area contributed by atoms with Crippen LogP contribution in [0.4, 0.5) is 0 Å². The van der Waals surface area contributed by atoms with E-state index in [1.165, 1.54) is 5.56 Å². The van der Waals surface area contributed by atoms with Gasteiger partial charge in [-0.05, 0) is 42.3 Å². The number of benzene rings is 1. The molecule has 1 aromatic carbocycles. The topological polar surface area (TPSA) is 102 Å². The van der Waals surface area contributed by atoms with Crippen molar-refractivity contribution in [3.63, 3.8) is 0 Å². The molecule has 8 heteroatoms. The molecule has 0 aliphatic carbocycles. The van der Waals surface area contributed by atoms with Gasteiger partial charge in [0.15, 0.2) is 0 Å². The molecular formula is C27H36N6O2. The molecule has 0 bridgehead atoms. The van der Waals surface area contributed by atoms with Gasteiger partial charge in [-0.15, -0.1) is 0 Å². The smallest absolute Gasteiger partial charge is 0.320 e. The monoisotopic (exact) mass is 476 g/mol. The Kier molecular flexibility index (Phi) is 11.3. The van der Waals surface area contributed by atoms with Gasteiger partial charge in [0.25, 0.3) is 0 Å². The van der Waals surface area contributed by atoms with Gasteiger partial charge in [-0.3, -0.25) is 19.7 Å². The Morgan fingerprint density at radius 1 is 0.829 bits per heavy atom. The first-order chi connectivity index (χ1) is 17.1. The van der Waals surface area contributed by atoms with Crippen LogP contribution in [0.2, 0.25) is 0 Å². The number of carbonyl (C=O) groups is 1. The fraction of sp³-hybridized carbons (Fsp3) is 0.370. The molecule has 2 aromatic heterocycles. The molecule has 0 saturated carbocycles. The number of hydrogen-bond acceptors (Lipinski definition) is 7. The fourth-order valence-electron chi connectivity index (χ4n) is 3.56. The molecule has 2 heterocycles. The van der Waals surface area contributed by atoms with Gasteiger partial charge >= 0.3 is 5.97 Å². The lowest BCUT2D eigenvalue weighted by molar-refractivity contribution is -0.139. The van der Waals surface area contributed by atoms with E-state index in [1.54, 1.807) is 6.92 Å². The number of aliphatic carboxylic acids is 1. The van der Waals surface area contributed by atoms with Crippen LogP contribution in [0.15, 0.2) is 73.1 Å². The molecule has 0 aliphatic heterocycles. The van der Waals surface area contributed by atoms with Gasteiger partial charge in [0.1, 0.15) is 6.04 Å². The Bertz CT molecular complexity index is 938. The summed E-state index contributed by atoms with van der Waals surface area (Å²) in [7, 11) is 0. The second kappa shape index (κ2) is 15.0. The van der Waals surface area contributed by atoms with Gasteiger partial charge in [0.2, 0.25) is 0 Å². The van der Waals surface area contributed by atoms with Crippen LogP contribution in [0.25, 0.3) is 0 Å². The molecule has 0 amide bonds. The van der Waals surface area contributed by atoms with Crippen molar-refractivity contribution in [3.8, 4) is 0 Å². The third kappa shape index (κ3) is 10.3. The van der Waals surface area contributed by atoms with Gasteiger partial charge in [-0.2, -0.15) is 0 Å². The van der Waals surface area contributed by atoms with E-state index >= 15 is 0 Å². The highest BCUT2D eigenvalue weighted by Crippen LogP contribution is 2.08. The Morgan fingerprint density at radius 2 is 1.37 bits per heavy atom. The number of hydrogen-bond donors (Lipinski definition) is 4. The van der Waals surface area contributed by atoms with Crippen molar-refractivity contribution in [1.82, 2.24) is 30.8 Å². The quantitative estimate of drug-likeness (QED) is 0.234. The van der Waals surface area contributed by atoms with E-state index in [0.29, 0.717) is 6.54 Å². The van der Waals surface area contributed by atoms with Gasteiger partial charge in [-0.1, -0.05) is 36.4 Å². The van der Waals surface area contributed by atoms with Gasteiger partial charge in [0.05, 0.1) is 11.4 Å². The molecule has 0 aliphatic rings. The highest BCUT2D eigenvalue weighted by molar-refractivity contribution is 5.72. The van der Waals surface area contributed by atoms with Crippen molar-refractivity contribution >= 4 is 5.97 Å². The predicted molar refractivity (Wildman–Crippen MR) is 138 cm³/mol. The predicted octanol–water partition coefficient (Wildman–Crippen LogP) is 2.42. The van der Waals surface area contributed by atoms with Crippen LogP contribution in [0.5, 0.6) is 0 Å². The number of aromatic nitrogens is 2. The minimum Gasteiger partial charge on any atom is -0.480 e. The molecule has 0 saturated heterocycles. The van der Waals surface area contributed by atoms with Gasteiger partial charge in [0, 0.05) is 64.8 Å². The van der Waals surface area contributed by atoms with Gasteiger partial charge < -0.3 is 21.1 Å². The first-order valence-electron chi connectivity index (χ1n) is 12.1. The second-order valence-corrected chi connectivity index (χ2v) is 8.53. The summed E-state index contributed by atoms with van der Waals surface area (Å²) in [5.74, 6) is -0.842. The third-order valence-electron chi connectivity index (χ3n) is 5.69. The number of carboxylic acid groups (broad SMARTS) is 1. The lowest BCUT2D eigenvalue weighted by Crippen LogP contribution is -2.36. The maximum atomic E-state index is 11.0. The summed E-state index contributed by atoms with van der Waals surface area (Å²) in [5.41, 5.74) is 4.38. The zero-order chi connectivity index (χ0) is 24.7. The average Bonchev–Trinajstić information content (AvgIpc) is 2.89. The average molecular weight is 477 g/mol. The molecule has 0 spiro atoms. The molecule has 4 N–H and O–H groups in total. The third-order valence-corrected chi connectivity index (χ3v) is 5.69. The first kappa shape index (κ1) is 26.4. The summed E-state index contributed by atoms with van der Waals surface area (Å²) >= 11 is 0. The van der Waals surface area contributed by atoms with Crippen molar-refractivity contribution in [1.29, 1.82) is 0 Å². The van der Waals surface area contributed by atoms with Crippen molar-refractivity contribution in [2.45, 2.75) is 39.1 Å². The minimum atomic E-state index is -0.842. The minimum absolute atomic E-state index is 0.534. The second-order valence-electron chi connectivity index (χ2n) is 8.53. The molecule has 186 valence electrons. The molecule has 1 atom stereocenters. The van der Waals surface area contributed by atoms with E-state index in [-0.39, 0.29) is 0 Å². The Morgan fingerprint density at radius 3 is 1.86 bits per heavy atom. The highest BCUT2D eigenvalue weighted by atomic mass is 16.4. The molecule has 3 rings (SSSR count). The zero-order valence-electron chi connectivity index (χ0n) is 20.4. The van der Waals surface area contributed by atoms with Crippen LogP contribution in [-0.4, -0.2) is 58.2 Å². The molecule has 1 unspecified atom stereocenters. The van der Waals surface area contributed by atoms with Crippen LogP contribution in [0.1, 0.15) is 29.4 Å².